The van der Waals surface area contributed by atoms with E-state index in [0.29, 0.717) is 24.1 Å². The summed E-state index contributed by atoms with van der Waals surface area (Å²) >= 11 is 1.27. The van der Waals surface area contributed by atoms with Gasteiger partial charge in [0.15, 0.2) is 5.82 Å². The monoisotopic (exact) mass is 411 g/mol. The first-order chi connectivity index (χ1) is 14.0. The Morgan fingerprint density at radius 1 is 1.14 bits per heavy atom. The number of nitrogens with zero attached hydrogens (tertiary/aromatic N) is 4. The Morgan fingerprint density at radius 2 is 1.83 bits per heavy atom. The van der Waals surface area contributed by atoms with Gasteiger partial charge in [-0.1, -0.05) is 53.7 Å². The minimum absolute atomic E-state index is 0.0104. The van der Waals surface area contributed by atoms with Crippen molar-refractivity contribution in [1.29, 1.82) is 0 Å². The number of carbonyl (C=O) groups excluding carboxylic acids is 1. The third-order valence-corrected chi connectivity index (χ3v) is 5.31. The van der Waals surface area contributed by atoms with E-state index in [1.165, 1.54) is 16.4 Å². The number of hydrogen-bond acceptors (Lipinski definition) is 6. The van der Waals surface area contributed by atoms with Gasteiger partial charge < -0.3 is 15.5 Å². The summed E-state index contributed by atoms with van der Waals surface area (Å²) in [5.41, 5.74) is 3.09. The molecule has 8 heteroatoms. The standard InChI is InChI=1S/C21H25N5O2S/c1-4-28-18-11-7-16(8-12-18)13-25(3)19(27)14-29-21-24-23-20(26(21)22)17-9-5-15(2)6-10-17/h5-12H,4,13-14,22H2,1-3H3. The zero-order valence-electron chi connectivity index (χ0n) is 16.8. The largest absolute Gasteiger partial charge is 0.494 e. The number of nitrogens with two attached hydrogens (primary N) is 1. The van der Waals surface area contributed by atoms with E-state index in [0.717, 1.165) is 22.4 Å². The van der Waals surface area contributed by atoms with Gasteiger partial charge in [0.25, 0.3) is 0 Å². The summed E-state index contributed by atoms with van der Waals surface area (Å²) in [7, 11) is 1.78. The molecule has 0 aliphatic rings. The molecular weight excluding hydrogens is 386 g/mol. The number of rotatable bonds is 8. The number of thioether (sulfide) groups is 1. The number of hydrogen-bond donors (Lipinski definition) is 1. The molecule has 0 aliphatic carbocycles. The van der Waals surface area contributed by atoms with E-state index in [1.807, 2.05) is 62.4 Å². The lowest BCUT2D eigenvalue weighted by Crippen LogP contribution is -2.28. The number of benzene rings is 2. The van der Waals surface area contributed by atoms with Crippen molar-refractivity contribution in [3.8, 4) is 17.1 Å². The first kappa shape index (κ1) is 20.7. The Bertz CT molecular complexity index is 954. The highest BCUT2D eigenvalue weighted by atomic mass is 32.2. The maximum Gasteiger partial charge on any atom is 0.233 e. The minimum Gasteiger partial charge on any atom is -0.494 e. The highest BCUT2D eigenvalue weighted by molar-refractivity contribution is 7.99. The van der Waals surface area contributed by atoms with Gasteiger partial charge in [-0.15, -0.1) is 10.2 Å². The fourth-order valence-electron chi connectivity index (χ4n) is 2.73. The molecule has 0 bridgehead atoms. The molecule has 7 nitrogen and oxygen atoms in total. The van der Waals surface area contributed by atoms with Crippen LogP contribution in [0, 0.1) is 6.92 Å². The van der Waals surface area contributed by atoms with Crippen LogP contribution < -0.4 is 10.6 Å². The highest BCUT2D eigenvalue weighted by Crippen LogP contribution is 2.22. The summed E-state index contributed by atoms with van der Waals surface area (Å²) in [6.45, 7) is 5.12. The van der Waals surface area contributed by atoms with Crippen LogP contribution in [0.5, 0.6) is 5.75 Å². The van der Waals surface area contributed by atoms with Crippen molar-refractivity contribution in [2.75, 3.05) is 25.3 Å². The molecule has 0 saturated heterocycles. The summed E-state index contributed by atoms with van der Waals surface area (Å²) in [5.74, 6) is 7.75. The molecule has 0 spiro atoms. The summed E-state index contributed by atoms with van der Waals surface area (Å²) in [5, 5.41) is 8.79. The third kappa shape index (κ3) is 5.29. The smallest absolute Gasteiger partial charge is 0.233 e. The molecule has 2 aromatic carbocycles. The maximum atomic E-state index is 12.5. The molecule has 1 aromatic heterocycles. The normalized spacial score (nSPS) is 10.7. The van der Waals surface area contributed by atoms with Crippen molar-refractivity contribution >= 4 is 17.7 Å². The second-order valence-corrected chi connectivity index (χ2v) is 7.60. The van der Waals surface area contributed by atoms with Crippen LogP contribution in [0.25, 0.3) is 11.4 Å². The molecule has 0 fully saturated rings. The van der Waals surface area contributed by atoms with E-state index in [2.05, 4.69) is 10.2 Å². The first-order valence-corrected chi connectivity index (χ1v) is 10.3. The predicted octanol–water partition coefficient (Wildman–Crippen LogP) is 3.12. The Labute approximate surface area is 174 Å². The van der Waals surface area contributed by atoms with Crippen LogP contribution in [0.1, 0.15) is 18.1 Å². The molecule has 0 radical (unpaired) electrons. The number of carbonyl (C=O) groups is 1. The number of aromatic nitrogens is 3. The summed E-state index contributed by atoms with van der Waals surface area (Å²) in [6.07, 6.45) is 0. The quantitative estimate of drug-likeness (QED) is 0.453. The summed E-state index contributed by atoms with van der Waals surface area (Å²) < 4.78 is 6.87. The van der Waals surface area contributed by atoms with Crippen molar-refractivity contribution < 1.29 is 9.53 Å². The van der Waals surface area contributed by atoms with Gasteiger partial charge in [-0.3, -0.25) is 4.79 Å². The number of nitrogen functional groups attached to an aromatic ring is 1. The van der Waals surface area contributed by atoms with Crippen LogP contribution in [0.3, 0.4) is 0 Å². The van der Waals surface area contributed by atoms with Gasteiger partial charge in [0.2, 0.25) is 11.1 Å². The van der Waals surface area contributed by atoms with E-state index < -0.39 is 0 Å². The molecule has 152 valence electrons. The first-order valence-electron chi connectivity index (χ1n) is 9.34. The molecule has 3 aromatic rings. The SMILES string of the molecule is CCOc1ccc(CN(C)C(=O)CSc2nnc(-c3ccc(C)cc3)n2N)cc1. The second-order valence-electron chi connectivity index (χ2n) is 6.66. The molecule has 1 amide bonds. The number of ether oxygens (including phenoxy) is 1. The third-order valence-electron chi connectivity index (χ3n) is 4.38. The van der Waals surface area contributed by atoms with Gasteiger partial charge in [0.05, 0.1) is 12.4 Å². The predicted molar refractivity (Wildman–Crippen MR) is 115 cm³/mol. The highest BCUT2D eigenvalue weighted by Gasteiger charge is 2.16. The van der Waals surface area contributed by atoms with Crippen LogP contribution in [0.2, 0.25) is 0 Å². The lowest BCUT2D eigenvalue weighted by Gasteiger charge is -2.17. The van der Waals surface area contributed by atoms with Crippen LogP contribution in [0.4, 0.5) is 0 Å². The zero-order chi connectivity index (χ0) is 20.8. The molecule has 0 saturated carbocycles. The molecular formula is C21H25N5O2S. The van der Waals surface area contributed by atoms with E-state index in [-0.39, 0.29) is 11.7 Å². The Morgan fingerprint density at radius 3 is 2.48 bits per heavy atom. The average molecular weight is 412 g/mol. The van der Waals surface area contributed by atoms with Crippen molar-refractivity contribution in [2.45, 2.75) is 25.5 Å². The Kier molecular flexibility index (Phi) is 6.77. The lowest BCUT2D eigenvalue weighted by molar-refractivity contribution is -0.127. The molecule has 29 heavy (non-hydrogen) atoms. The van der Waals surface area contributed by atoms with E-state index in [1.54, 1.807) is 11.9 Å². The number of aryl methyl sites for hydroxylation is 1. The van der Waals surface area contributed by atoms with Crippen molar-refractivity contribution in [3.05, 3.63) is 59.7 Å². The molecule has 0 atom stereocenters. The fourth-order valence-corrected chi connectivity index (χ4v) is 3.53. The van der Waals surface area contributed by atoms with Gasteiger partial charge in [-0.05, 0) is 31.5 Å². The zero-order valence-corrected chi connectivity index (χ0v) is 17.6. The molecule has 3 rings (SSSR count). The van der Waals surface area contributed by atoms with Crippen LogP contribution in [-0.4, -0.2) is 45.1 Å². The van der Waals surface area contributed by atoms with Gasteiger partial charge in [-0.25, -0.2) is 4.68 Å². The van der Waals surface area contributed by atoms with Gasteiger partial charge in [0, 0.05) is 19.2 Å². The van der Waals surface area contributed by atoms with Crippen molar-refractivity contribution in [2.24, 2.45) is 0 Å². The van der Waals surface area contributed by atoms with Gasteiger partial charge in [0.1, 0.15) is 5.75 Å². The maximum absolute atomic E-state index is 12.5. The van der Waals surface area contributed by atoms with Crippen LogP contribution >= 0.6 is 11.8 Å². The molecule has 0 unspecified atom stereocenters. The fraction of sp³-hybridized carbons (Fsp3) is 0.286. The van der Waals surface area contributed by atoms with E-state index >= 15 is 0 Å². The molecule has 2 N–H and O–H groups in total. The van der Waals surface area contributed by atoms with Crippen molar-refractivity contribution in [3.63, 3.8) is 0 Å². The van der Waals surface area contributed by atoms with E-state index in [4.69, 9.17) is 10.6 Å². The summed E-state index contributed by atoms with van der Waals surface area (Å²) in [4.78, 5) is 14.2. The molecule has 0 aliphatic heterocycles. The Balaban J connectivity index is 1.56. The van der Waals surface area contributed by atoms with Crippen LogP contribution in [0.15, 0.2) is 53.7 Å². The topological polar surface area (TPSA) is 86.3 Å². The minimum atomic E-state index is -0.0104. The summed E-state index contributed by atoms with van der Waals surface area (Å²) in [6, 6.07) is 15.6. The van der Waals surface area contributed by atoms with Gasteiger partial charge >= 0.3 is 0 Å². The van der Waals surface area contributed by atoms with Crippen molar-refractivity contribution in [1.82, 2.24) is 19.8 Å². The number of amides is 1. The van der Waals surface area contributed by atoms with Crippen LogP contribution in [-0.2, 0) is 11.3 Å². The Hall–Kier alpha value is -3.00. The van der Waals surface area contributed by atoms with Gasteiger partial charge in [-0.2, -0.15) is 0 Å². The average Bonchev–Trinajstić information content (AvgIpc) is 3.09. The van der Waals surface area contributed by atoms with E-state index in [9.17, 15) is 4.79 Å². The lowest BCUT2D eigenvalue weighted by atomic mass is 10.1. The molecule has 1 heterocycles. The second kappa shape index (κ2) is 9.47.